The highest BCUT2D eigenvalue weighted by Crippen LogP contribution is 2.15. The molecule has 1 rings (SSSR count). The summed E-state index contributed by atoms with van der Waals surface area (Å²) in [5.41, 5.74) is 0. The Labute approximate surface area is 156 Å². The highest BCUT2D eigenvalue weighted by Gasteiger charge is 2.06. The maximum absolute atomic E-state index is 4.65. The fourth-order valence-corrected chi connectivity index (χ4v) is 2.77. The van der Waals surface area contributed by atoms with Gasteiger partial charge in [0, 0.05) is 35.4 Å². The van der Waals surface area contributed by atoms with Crippen LogP contribution in [0, 0.1) is 6.92 Å². The second-order valence-electron chi connectivity index (χ2n) is 5.37. The summed E-state index contributed by atoms with van der Waals surface area (Å²) in [6, 6.07) is 4.93. The van der Waals surface area contributed by atoms with Crippen molar-refractivity contribution in [2.75, 3.05) is 26.7 Å². The molecule has 0 bridgehead atoms. The third kappa shape index (κ3) is 8.33. The molecule has 0 aliphatic heterocycles. The normalized spacial score (nSPS) is 12.9. The average Bonchev–Trinajstić information content (AvgIpc) is 2.89. The molecule has 1 heterocycles. The van der Waals surface area contributed by atoms with E-state index in [1.807, 2.05) is 11.3 Å². The monoisotopic (exact) mass is 438 g/mol. The Morgan fingerprint density at radius 1 is 1.32 bits per heavy atom. The minimum atomic E-state index is 0. The van der Waals surface area contributed by atoms with Gasteiger partial charge in [0.1, 0.15) is 0 Å². The Hall–Kier alpha value is -0.340. The first-order valence-electron chi connectivity index (χ1n) is 7.84. The molecular weight excluding hydrogens is 407 g/mol. The van der Waals surface area contributed by atoms with Crippen molar-refractivity contribution in [2.24, 2.45) is 4.99 Å². The Morgan fingerprint density at radius 3 is 2.59 bits per heavy atom. The molecule has 1 aromatic heterocycles. The van der Waals surface area contributed by atoms with Crippen LogP contribution < -0.4 is 10.6 Å². The van der Waals surface area contributed by atoms with Gasteiger partial charge in [-0.2, -0.15) is 0 Å². The van der Waals surface area contributed by atoms with Gasteiger partial charge in [-0.05, 0) is 46.4 Å². The summed E-state index contributed by atoms with van der Waals surface area (Å²) >= 11 is 1.81. The molecule has 0 spiro atoms. The van der Waals surface area contributed by atoms with Crippen molar-refractivity contribution in [1.29, 1.82) is 0 Å². The van der Waals surface area contributed by atoms with Gasteiger partial charge in [0.15, 0.2) is 5.96 Å². The molecule has 6 heteroatoms. The molecule has 0 aromatic carbocycles. The van der Waals surface area contributed by atoms with Crippen LogP contribution >= 0.6 is 35.3 Å². The summed E-state index contributed by atoms with van der Waals surface area (Å²) in [5.74, 6) is 0.904. The molecular formula is C16H31IN4S. The van der Waals surface area contributed by atoms with Gasteiger partial charge in [-0.1, -0.05) is 6.92 Å². The molecule has 0 aliphatic carbocycles. The molecule has 2 N–H and O–H groups in total. The van der Waals surface area contributed by atoms with Crippen molar-refractivity contribution in [3.8, 4) is 0 Å². The number of nitrogens with one attached hydrogen (secondary N) is 2. The largest absolute Gasteiger partial charge is 0.357 e. The zero-order chi connectivity index (χ0) is 15.7. The first-order valence-corrected chi connectivity index (χ1v) is 8.66. The van der Waals surface area contributed by atoms with Gasteiger partial charge in [-0.3, -0.25) is 0 Å². The minimum absolute atomic E-state index is 0. The number of halogens is 1. The van der Waals surface area contributed by atoms with Crippen LogP contribution in [0.2, 0.25) is 0 Å². The number of thiophene rings is 1. The van der Waals surface area contributed by atoms with Crippen LogP contribution in [-0.4, -0.2) is 43.6 Å². The van der Waals surface area contributed by atoms with E-state index in [0.29, 0.717) is 6.04 Å². The van der Waals surface area contributed by atoms with E-state index in [2.05, 4.69) is 67.4 Å². The number of hydrogen-bond donors (Lipinski definition) is 2. The zero-order valence-corrected chi connectivity index (χ0v) is 17.6. The number of aliphatic imine (C=N–C) groups is 1. The van der Waals surface area contributed by atoms with Gasteiger partial charge in [-0.15, -0.1) is 35.3 Å². The fourth-order valence-electron chi connectivity index (χ4n) is 1.95. The number of rotatable bonds is 8. The zero-order valence-electron chi connectivity index (χ0n) is 14.5. The molecule has 0 saturated carbocycles. The van der Waals surface area contributed by atoms with Gasteiger partial charge in [0.2, 0.25) is 0 Å². The van der Waals surface area contributed by atoms with Gasteiger partial charge < -0.3 is 15.5 Å². The summed E-state index contributed by atoms with van der Waals surface area (Å²) in [4.78, 5) is 9.67. The van der Waals surface area contributed by atoms with Crippen LogP contribution in [0.25, 0.3) is 0 Å². The maximum atomic E-state index is 4.65. The van der Waals surface area contributed by atoms with E-state index in [-0.39, 0.29) is 24.0 Å². The van der Waals surface area contributed by atoms with Crippen molar-refractivity contribution in [1.82, 2.24) is 15.5 Å². The van der Waals surface area contributed by atoms with Crippen molar-refractivity contribution < 1.29 is 0 Å². The molecule has 1 unspecified atom stereocenters. The first-order chi connectivity index (χ1) is 10.1. The van der Waals surface area contributed by atoms with Crippen LogP contribution in [0.15, 0.2) is 17.1 Å². The molecule has 128 valence electrons. The molecule has 1 aromatic rings. The van der Waals surface area contributed by atoms with Crippen molar-refractivity contribution in [3.05, 3.63) is 21.9 Å². The van der Waals surface area contributed by atoms with Crippen LogP contribution in [-0.2, 0) is 6.54 Å². The second kappa shape index (κ2) is 12.1. The third-order valence-corrected chi connectivity index (χ3v) is 4.62. The Kier molecular flexibility index (Phi) is 11.9. The lowest BCUT2D eigenvalue weighted by Gasteiger charge is -2.23. The molecule has 4 nitrogen and oxygen atoms in total. The van der Waals surface area contributed by atoms with Crippen LogP contribution in [0.3, 0.4) is 0 Å². The molecule has 0 amide bonds. The predicted molar refractivity (Wildman–Crippen MR) is 110 cm³/mol. The van der Waals surface area contributed by atoms with E-state index < -0.39 is 0 Å². The number of likely N-dealkylation sites (N-methyl/N-ethyl adjacent to an activating group) is 1. The number of hydrogen-bond acceptors (Lipinski definition) is 3. The van der Waals surface area contributed by atoms with Crippen molar-refractivity contribution >= 4 is 41.3 Å². The molecule has 0 fully saturated rings. The summed E-state index contributed by atoms with van der Waals surface area (Å²) in [6.45, 7) is 12.3. The lowest BCUT2D eigenvalue weighted by Crippen LogP contribution is -2.42. The Morgan fingerprint density at radius 2 is 2.05 bits per heavy atom. The molecule has 22 heavy (non-hydrogen) atoms. The molecule has 0 aliphatic rings. The average molecular weight is 438 g/mol. The lowest BCUT2D eigenvalue weighted by atomic mass is 10.2. The van der Waals surface area contributed by atoms with Gasteiger partial charge in [-0.25, -0.2) is 4.99 Å². The molecule has 0 saturated heterocycles. The van der Waals surface area contributed by atoms with Crippen LogP contribution in [0.4, 0.5) is 0 Å². The lowest BCUT2D eigenvalue weighted by molar-refractivity contribution is 0.255. The van der Waals surface area contributed by atoms with E-state index >= 15 is 0 Å². The molecule has 1 atom stereocenters. The van der Waals surface area contributed by atoms with Crippen LogP contribution in [0.1, 0.15) is 36.9 Å². The van der Waals surface area contributed by atoms with Gasteiger partial charge >= 0.3 is 0 Å². The first kappa shape index (κ1) is 21.7. The number of nitrogens with zero attached hydrogens (tertiary/aromatic N) is 2. The smallest absolute Gasteiger partial charge is 0.191 e. The Balaban J connectivity index is 0.00000441. The van der Waals surface area contributed by atoms with E-state index in [1.165, 1.54) is 16.2 Å². The summed E-state index contributed by atoms with van der Waals surface area (Å²) in [6.07, 6.45) is 1.18. The van der Waals surface area contributed by atoms with Crippen LogP contribution in [0.5, 0.6) is 0 Å². The minimum Gasteiger partial charge on any atom is -0.357 e. The second-order valence-corrected chi connectivity index (χ2v) is 6.74. The highest BCUT2D eigenvalue weighted by atomic mass is 127. The summed E-state index contributed by atoms with van der Waals surface area (Å²) in [7, 11) is 2.17. The Bertz CT molecular complexity index is 434. The summed E-state index contributed by atoms with van der Waals surface area (Å²) in [5, 5.41) is 6.71. The van der Waals surface area contributed by atoms with Crippen molar-refractivity contribution in [2.45, 2.75) is 46.7 Å². The quantitative estimate of drug-likeness (QED) is 0.371. The summed E-state index contributed by atoms with van der Waals surface area (Å²) < 4.78 is 0. The fraction of sp³-hybridized carbons (Fsp3) is 0.688. The van der Waals surface area contributed by atoms with E-state index in [9.17, 15) is 0 Å². The van der Waals surface area contributed by atoms with E-state index in [1.54, 1.807) is 0 Å². The third-order valence-electron chi connectivity index (χ3n) is 3.63. The maximum Gasteiger partial charge on any atom is 0.191 e. The predicted octanol–water partition coefficient (Wildman–Crippen LogP) is 3.46. The van der Waals surface area contributed by atoms with E-state index in [0.717, 1.165) is 32.1 Å². The van der Waals surface area contributed by atoms with Crippen molar-refractivity contribution in [3.63, 3.8) is 0 Å². The highest BCUT2D eigenvalue weighted by molar-refractivity contribution is 14.0. The molecule has 0 radical (unpaired) electrons. The number of aryl methyl sites for hydroxylation is 1. The van der Waals surface area contributed by atoms with E-state index in [4.69, 9.17) is 0 Å². The standard InChI is InChI=1S/C16H30N4S.HI/c1-6-13(3)20(5)11-10-18-16(17-7-2)19-12-15-9-8-14(4)21-15;/h8-9,13H,6-7,10-12H2,1-5H3,(H2,17,18,19);1H. The van der Waals surface area contributed by atoms with Gasteiger partial charge in [0.05, 0.1) is 6.54 Å². The SMILES string of the molecule is CCNC(=NCc1ccc(C)s1)NCCN(C)C(C)CC.I. The number of guanidine groups is 1. The van der Waals surface area contributed by atoms with Gasteiger partial charge in [0.25, 0.3) is 0 Å². The topological polar surface area (TPSA) is 39.7 Å².